The van der Waals surface area contributed by atoms with Crippen LogP contribution in [-0.2, 0) is 11.3 Å². The highest BCUT2D eigenvalue weighted by atomic mass is 16.5. The number of carbonyl (C=O) groups is 2. The Kier molecular flexibility index (Phi) is 6.02. The van der Waals surface area contributed by atoms with Gasteiger partial charge in [-0.3, -0.25) is 4.79 Å². The number of aryl methyl sites for hydroxylation is 1. The van der Waals surface area contributed by atoms with Gasteiger partial charge in [0.1, 0.15) is 6.33 Å². The Hall–Kier alpha value is -2.74. The molecule has 128 valence electrons. The standard InChI is InChI=1S/C16H20N4O4/c1-11(14-19-17-10-20(14)7-4-8-24-2)18-15(21)12-5-3-6-13(9-12)16(22)23/h3,5-6,9-11H,4,7-8H2,1-2H3,(H,18,21)(H,22,23). The van der Waals surface area contributed by atoms with E-state index in [4.69, 9.17) is 9.84 Å². The summed E-state index contributed by atoms with van der Waals surface area (Å²) in [6, 6.07) is 5.52. The summed E-state index contributed by atoms with van der Waals surface area (Å²) in [7, 11) is 1.64. The molecule has 8 nitrogen and oxygen atoms in total. The number of benzene rings is 1. The number of carbonyl (C=O) groups excluding carboxylic acids is 1. The third-order valence-corrected chi connectivity index (χ3v) is 3.50. The Morgan fingerprint density at radius 3 is 2.83 bits per heavy atom. The third-order valence-electron chi connectivity index (χ3n) is 3.50. The number of carboxylic acids is 1. The average Bonchev–Trinajstić information content (AvgIpc) is 3.03. The molecule has 2 aromatic rings. The molecule has 2 rings (SSSR count). The van der Waals surface area contributed by atoms with Crippen molar-refractivity contribution in [3.05, 3.63) is 47.5 Å². The highest BCUT2D eigenvalue weighted by Gasteiger charge is 2.17. The quantitative estimate of drug-likeness (QED) is 0.710. The first-order valence-corrected chi connectivity index (χ1v) is 7.53. The van der Waals surface area contributed by atoms with E-state index in [1.807, 2.05) is 4.57 Å². The predicted octanol–water partition coefficient (Wildman–Crippen LogP) is 1.50. The number of aromatic carboxylic acids is 1. The van der Waals surface area contributed by atoms with Gasteiger partial charge in [-0.2, -0.15) is 0 Å². The second-order valence-electron chi connectivity index (χ2n) is 5.31. The van der Waals surface area contributed by atoms with Crippen LogP contribution in [0, 0.1) is 0 Å². The number of hydrogen-bond donors (Lipinski definition) is 2. The van der Waals surface area contributed by atoms with Crippen LogP contribution >= 0.6 is 0 Å². The molecule has 1 unspecified atom stereocenters. The van der Waals surface area contributed by atoms with Crippen LogP contribution in [0.4, 0.5) is 0 Å². The van der Waals surface area contributed by atoms with Gasteiger partial charge >= 0.3 is 5.97 Å². The van der Waals surface area contributed by atoms with Gasteiger partial charge in [-0.15, -0.1) is 10.2 Å². The first kappa shape index (κ1) is 17.6. The molecule has 24 heavy (non-hydrogen) atoms. The van der Waals surface area contributed by atoms with E-state index in [1.54, 1.807) is 26.4 Å². The van der Waals surface area contributed by atoms with Crippen molar-refractivity contribution >= 4 is 11.9 Å². The SMILES string of the molecule is COCCCn1cnnc1C(C)NC(=O)c1cccc(C(=O)O)c1. The molecule has 0 saturated heterocycles. The summed E-state index contributed by atoms with van der Waals surface area (Å²) in [5.74, 6) is -0.804. The van der Waals surface area contributed by atoms with Crippen molar-refractivity contribution in [3.8, 4) is 0 Å². The van der Waals surface area contributed by atoms with Crippen LogP contribution in [0.15, 0.2) is 30.6 Å². The summed E-state index contributed by atoms with van der Waals surface area (Å²) >= 11 is 0. The topological polar surface area (TPSA) is 106 Å². The van der Waals surface area contributed by atoms with Crippen molar-refractivity contribution in [2.45, 2.75) is 25.9 Å². The van der Waals surface area contributed by atoms with Crippen LogP contribution in [0.25, 0.3) is 0 Å². The zero-order valence-corrected chi connectivity index (χ0v) is 13.6. The molecule has 0 fully saturated rings. The highest BCUT2D eigenvalue weighted by molar-refractivity contribution is 5.97. The normalized spacial score (nSPS) is 11.9. The number of carboxylic acid groups (broad SMARTS) is 1. The maximum Gasteiger partial charge on any atom is 0.335 e. The summed E-state index contributed by atoms with van der Waals surface area (Å²) in [6.07, 6.45) is 2.42. The van der Waals surface area contributed by atoms with Crippen molar-refractivity contribution in [1.82, 2.24) is 20.1 Å². The lowest BCUT2D eigenvalue weighted by Gasteiger charge is -2.15. The van der Waals surface area contributed by atoms with E-state index in [2.05, 4.69) is 15.5 Å². The van der Waals surface area contributed by atoms with E-state index in [9.17, 15) is 9.59 Å². The number of ether oxygens (including phenoxy) is 1. The molecule has 1 atom stereocenters. The van der Waals surface area contributed by atoms with Gasteiger partial charge < -0.3 is 19.7 Å². The van der Waals surface area contributed by atoms with Crippen LogP contribution in [-0.4, -0.2) is 45.5 Å². The molecule has 0 aliphatic heterocycles. The molecule has 8 heteroatoms. The molecule has 0 aliphatic rings. The molecule has 1 aromatic carbocycles. The number of aromatic nitrogens is 3. The molecule has 1 heterocycles. The Morgan fingerprint density at radius 2 is 2.12 bits per heavy atom. The number of amides is 1. The van der Waals surface area contributed by atoms with E-state index >= 15 is 0 Å². The van der Waals surface area contributed by atoms with Crippen molar-refractivity contribution in [3.63, 3.8) is 0 Å². The van der Waals surface area contributed by atoms with Crippen LogP contribution in [0.3, 0.4) is 0 Å². The third kappa shape index (κ3) is 4.39. The van der Waals surface area contributed by atoms with Gasteiger partial charge in [0.05, 0.1) is 11.6 Å². The van der Waals surface area contributed by atoms with Gasteiger partial charge in [0, 0.05) is 25.8 Å². The maximum atomic E-state index is 12.3. The second kappa shape index (κ2) is 8.21. The van der Waals surface area contributed by atoms with Gasteiger partial charge in [0.2, 0.25) is 0 Å². The lowest BCUT2D eigenvalue weighted by atomic mass is 10.1. The fourth-order valence-corrected chi connectivity index (χ4v) is 2.29. The second-order valence-corrected chi connectivity index (χ2v) is 5.31. The van der Waals surface area contributed by atoms with Crippen LogP contribution in [0.2, 0.25) is 0 Å². The van der Waals surface area contributed by atoms with Crippen LogP contribution in [0.5, 0.6) is 0 Å². The van der Waals surface area contributed by atoms with E-state index < -0.39 is 5.97 Å². The molecule has 0 spiro atoms. The van der Waals surface area contributed by atoms with Crippen LogP contribution in [0.1, 0.15) is 45.9 Å². The van der Waals surface area contributed by atoms with Crippen LogP contribution < -0.4 is 5.32 Å². The van der Waals surface area contributed by atoms with Crippen molar-refractivity contribution < 1.29 is 19.4 Å². The summed E-state index contributed by atoms with van der Waals surface area (Å²) < 4.78 is 6.88. The first-order chi connectivity index (χ1) is 11.5. The summed E-state index contributed by atoms with van der Waals surface area (Å²) in [5.41, 5.74) is 0.352. The zero-order valence-electron chi connectivity index (χ0n) is 13.6. The Bertz CT molecular complexity index is 714. The predicted molar refractivity (Wildman–Crippen MR) is 85.8 cm³/mol. The number of nitrogens with one attached hydrogen (secondary N) is 1. The molecule has 0 radical (unpaired) electrons. The Morgan fingerprint density at radius 1 is 1.38 bits per heavy atom. The zero-order chi connectivity index (χ0) is 17.5. The molecule has 1 aromatic heterocycles. The minimum absolute atomic E-state index is 0.0676. The van der Waals surface area contributed by atoms with E-state index in [1.165, 1.54) is 18.2 Å². The Labute approximate surface area is 139 Å². The summed E-state index contributed by atoms with van der Waals surface area (Å²) in [5, 5.41) is 19.7. The molecule has 0 bridgehead atoms. The lowest BCUT2D eigenvalue weighted by molar-refractivity contribution is 0.0697. The molecular weight excluding hydrogens is 312 g/mol. The molecular formula is C16H20N4O4. The van der Waals surface area contributed by atoms with E-state index in [0.717, 1.165) is 6.42 Å². The summed E-state index contributed by atoms with van der Waals surface area (Å²) in [4.78, 5) is 23.3. The maximum absolute atomic E-state index is 12.3. The van der Waals surface area contributed by atoms with Gasteiger partial charge in [0.25, 0.3) is 5.91 Å². The fraction of sp³-hybridized carbons (Fsp3) is 0.375. The van der Waals surface area contributed by atoms with Gasteiger partial charge in [-0.1, -0.05) is 6.07 Å². The van der Waals surface area contributed by atoms with Crippen molar-refractivity contribution in [2.24, 2.45) is 0 Å². The number of nitrogens with zero attached hydrogens (tertiary/aromatic N) is 3. The Balaban J connectivity index is 2.05. The highest BCUT2D eigenvalue weighted by Crippen LogP contribution is 2.12. The minimum atomic E-state index is -1.07. The molecule has 0 saturated carbocycles. The molecule has 0 aliphatic carbocycles. The minimum Gasteiger partial charge on any atom is -0.478 e. The molecule has 1 amide bonds. The fourth-order valence-electron chi connectivity index (χ4n) is 2.29. The van der Waals surface area contributed by atoms with Crippen molar-refractivity contribution in [2.75, 3.05) is 13.7 Å². The number of methoxy groups -OCH3 is 1. The van der Waals surface area contributed by atoms with Crippen molar-refractivity contribution in [1.29, 1.82) is 0 Å². The number of hydrogen-bond acceptors (Lipinski definition) is 5. The summed E-state index contributed by atoms with van der Waals surface area (Å²) in [6.45, 7) is 3.11. The van der Waals surface area contributed by atoms with E-state index in [-0.39, 0.29) is 23.1 Å². The largest absolute Gasteiger partial charge is 0.478 e. The number of rotatable bonds is 8. The van der Waals surface area contributed by atoms with Gasteiger partial charge in [0.15, 0.2) is 5.82 Å². The lowest BCUT2D eigenvalue weighted by Crippen LogP contribution is -2.29. The van der Waals surface area contributed by atoms with Gasteiger partial charge in [-0.05, 0) is 31.5 Å². The average molecular weight is 332 g/mol. The van der Waals surface area contributed by atoms with Gasteiger partial charge in [-0.25, -0.2) is 4.79 Å². The smallest absolute Gasteiger partial charge is 0.335 e. The monoisotopic (exact) mass is 332 g/mol. The van der Waals surface area contributed by atoms with E-state index in [0.29, 0.717) is 19.0 Å². The first-order valence-electron chi connectivity index (χ1n) is 7.53. The molecule has 2 N–H and O–H groups in total.